The van der Waals surface area contributed by atoms with Gasteiger partial charge in [0, 0.05) is 17.7 Å². The van der Waals surface area contributed by atoms with Gasteiger partial charge in [-0.05, 0) is 81.5 Å². The number of esters is 1. The molecular formula is C23H35NO3. The molecule has 1 N–H and O–H groups in total. The first kappa shape index (κ1) is 20.2. The topological polar surface area (TPSA) is 55.4 Å². The predicted octanol–water partition coefficient (Wildman–Crippen LogP) is 4.41. The standard InChI is InChI=1S/C23H35NO3/c1-14(2)13-23(19-9-17-8-18(11-19)12-20(23)10-17)27-22(26)16(5)6-7-24-21(25)15(3)4/h14,17-20H,3,5-13H2,1-2,4H3,(H,24,25). The first-order valence-corrected chi connectivity index (χ1v) is 10.6. The predicted molar refractivity (Wildman–Crippen MR) is 107 cm³/mol. The minimum Gasteiger partial charge on any atom is -0.455 e. The van der Waals surface area contributed by atoms with Gasteiger partial charge in [-0.1, -0.05) is 27.0 Å². The van der Waals surface area contributed by atoms with Crippen LogP contribution in [0.25, 0.3) is 0 Å². The molecule has 0 unspecified atom stereocenters. The molecule has 0 heterocycles. The Labute approximate surface area is 163 Å². The Bertz CT molecular complexity index is 606. The van der Waals surface area contributed by atoms with Gasteiger partial charge in [-0.2, -0.15) is 0 Å². The molecule has 0 spiro atoms. The van der Waals surface area contributed by atoms with E-state index in [-0.39, 0.29) is 17.5 Å². The monoisotopic (exact) mass is 373 g/mol. The summed E-state index contributed by atoms with van der Waals surface area (Å²) in [5.41, 5.74) is 0.615. The van der Waals surface area contributed by atoms with Gasteiger partial charge in [-0.25, -0.2) is 4.79 Å². The molecule has 27 heavy (non-hydrogen) atoms. The van der Waals surface area contributed by atoms with E-state index >= 15 is 0 Å². The van der Waals surface area contributed by atoms with Crippen molar-refractivity contribution in [2.75, 3.05) is 6.54 Å². The molecule has 0 aromatic carbocycles. The van der Waals surface area contributed by atoms with Crippen molar-refractivity contribution in [1.82, 2.24) is 5.32 Å². The molecule has 4 aliphatic carbocycles. The summed E-state index contributed by atoms with van der Waals surface area (Å²) < 4.78 is 6.32. The maximum atomic E-state index is 12.9. The zero-order valence-corrected chi connectivity index (χ0v) is 17.2. The first-order chi connectivity index (χ1) is 12.7. The molecule has 0 aliphatic heterocycles. The summed E-state index contributed by atoms with van der Waals surface area (Å²) in [6.45, 7) is 14.1. The number of nitrogens with one attached hydrogen (secondary N) is 1. The summed E-state index contributed by atoms with van der Waals surface area (Å²) in [5.74, 6) is 2.74. The fourth-order valence-electron chi connectivity index (χ4n) is 5.99. The maximum Gasteiger partial charge on any atom is 0.334 e. The van der Waals surface area contributed by atoms with Gasteiger partial charge in [0.05, 0.1) is 0 Å². The summed E-state index contributed by atoms with van der Waals surface area (Å²) >= 11 is 0. The molecular weight excluding hydrogens is 338 g/mol. The van der Waals surface area contributed by atoms with Crippen LogP contribution in [0.2, 0.25) is 0 Å². The number of carbonyl (C=O) groups is 2. The zero-order valence-electron chi connectivity index (χ0n) is 17.2. The van der Waals surface area contributed by atoms with E-state index in [9.17, 15) is 9.59 Å². The second-order valence-electron chi connectivity index (χ2n) is 9.64. The van der Waals surface area contributed by atoms with Crippen LogP contribution >= 0.6 is 0 Å². The second kappa shape index (κ2) is 7.81. The SMILES string of the molecule is C=C(C)C(=O)NCCC(=C)C(=O)OC1(CC(C)C)C2CC3CC(C2)CC1C3. The lowest BCUT2D eigenvalue weighted by Crippen LogP contribution is -2.60. The van der Waals surface area contributed by atoms with Crippen molar-refractivity contribution >= 4 is 11.9 Å². The zero-order chi connectivity index (χ0) is 19.8. The molecule has 4 nitrogen and oxygen atoms in total. The van der Waals surface area contributed by atoms with Crippen LogP contribution in [-0.4, -0.2) is 24.0 Å². The smallest absolute Gasteiger partial charge is 0.334 e. The van der Waals surface area contributed by atoms with Crippen molar-refractivity contribution in [3.8, 4) is 0 Å². The molecule has 4 heteroatoms. The molecule has 0 aromatic heterocycles. The lowest BCUT2D eigenvalue weighted by Gasteiger charge is -2.60. The van der Waals surface area contributed by atoms with Gasteiger partial charge < -0.3 is 10.1 Å². The summed E-state index contributed by atoms with van der Waals surface area (Å²) in [4.78, 5) is 24.5. The number of ether oxygens (including phenoxy) is 1. The minimum atomic E-state index is -0.303. The van der Waals surface area contributed by atoms with Crippen molar-refractivity contribution in [3.63, 3.8) is 0 Å². The first-order valence-electron chi connectivity index (χ1n) is 10.6. The van der Waals surface area contributed by atoms with Gasteiger partial charge in [0.25, 0.3) is 0 Å². The van der Waals surface area contributed by atoms with Gasteiger partial charge in [-0.15, -0.1) is 0 Å². The van der Waals surface area contributed by atoms with Crippen LogP contribution in [0.4, 0.5) is 0 Å². The van der Waals surface area contributed by atoms with Crippen molar-refractivity contribution in [1.29, 1.82) is 0 Å². The summed E-state index contributed by atoms with van der Waals surface area (Å²) in [6, 6.07) is 0. The largest absolute Gasteiger partial charge is 0.455 e. The molecule has 4 fully saturated rings. The van der Waals surface area contributed by atoms with Crippen molar-refractivity contribution in [2.24, 2.45) is 29.6 Å². The molecule has 150 valence electrons. The lowest BCUT2D eigenvalue weighted by molar-refractivity contribution is -0.211. The third-order valence-corrected chi connectivity index (χ3v) is 6.92. The maximum absolute atomic E-state index is 12.9. The van der Waals surface area contributed by atoms with Gasteiger partial charge in [0.1, 0.15) is 5.60 Å². The summed E-state index contributed by atoms with van der Waals surface area (Å²) in [7, 11) is 0. The molecule has 4 rings (SSSR count). The minimum absolute atomic E-state index is 0.187. The molecule has 0 radical (unpaired) electrons. The highest BCUT2D eigenvalue weighted by atomic mass is 16.6. The Balaban J connectivity index is 1.65. The van der Waals surface area contributed by atoms with Crippen LogP contribution < -0.4 is 5.32 Å². The van der Waals surface area contributed by atoms with Gasteiger partial charge in [0.15, 0.2) is 0 Å². The van der Waals surface area contributed by atoms with Crippen molar-refractivity contribution in [2.45, 2.75) is 71.3 Å². The third-order valence-electron chi connectivity index (χ3n) is 6.92. The van der Waals surface area contributed by atoms with E-state index in [2.05, 4.69) is 32.3 Å². The Morgan fingerprint density at radius 1 is 1.07 bits per heavy atom. The Morgan fingerprint density at radius 2 is 1.63 bits per heavy atom. The fraction of sp³-hybridized carbons (Fsp3) is 0.739. The highest BCUT2D eigenvalue weighted by molar-refractivity contribution is 5.92. The van der Waals surface area contributed by atoms with Crippen LogP contribution in [0.15, 0.2) is 24.3 Å². The van der Waals surface area contributed by atoms with E-state index in [0.29, 0.717) is 41.9 Å². The van der Waals surface area contributed by atoms with Gasteiger partial charge in [-0.3, -0.25) is 4.79 Å². The molecule has 4 aliphatic rings. The number of rotatable bonds is 8. The molecule has 1 amide bonds. The molecule has 0 atom stereocenters. The van der Waals surface area contributed by atoms with Crippen molar-refractivity contribution < 1.29 is 14.3 Å². The molecule has 0 aromatic rings. The Hall–Kier alpha value is -1.58. The normalized spacial score (nSPS) is 33.8. The number of hydrogen-bond acceptors (Lipinski definition) is 3. The van der Waals surface area contributed by atoms with Crippen LogP contribution in [0.1, 0.15) is 65.7 Å². The molecule has 4 saturated carbocycles. The number of hydrogen-bond donors (Lipinski definition) is 1. The number of carbonyl (C=O) groups excluding carboxylic acids is 2. The van der Waals surface area contributed by atoms with E-state index in [4.69, 9.17) is 4.74 Å². The van der Waals surface area contributed by atoms with E-state index in [1.807, 2.05) is 0 Å². The average molecular weight is 374 g/mol. The van der Waals surface area contributed by atoms with E-state index in [0.717, 1.165) is 18.3 Å². The highest BCUT2D eigenvalue weighted by Crippen LogP contribution is 2.61. The average Bonchev–Trinajstić information content (AvgIpc) is 2.57. The van der Waals surface area contributed by atoms with Crippen LogP contribution in [0, 0.1) is 29.6 Å². The number of amides is 1. The Morgan fingerprint density at radius 3 is 2.11 bits per heavy atom. The third kappa shape index (κ3) is 4.14. The van der Waals surface area contributed by atoms with Crippen LogP contribution in [-0.2, 0) is 14.3 Å². The molecule has 0 saturated heterocycles. The van der Waals surface area contributed by atoms with E-state index < -0.39 is 0 Å². The van der Waals surface area contributed by atoms with Crippen LogP contribution in [0.3, 0.4) is 0 Å². The summed E-state index contributed by atoms with van der Waals surface area (Å²) in [5, 5.41) is 2.76. The van der Waals surface area contributed by atoms with Crippen LogP contribution in [0.5, 0.6) is 0 Å². The quantitative estimate of drug-likeness (QED) is 0.506. The van der Waals surface area contributed by atoms with Gasteiger partial charge >= 0.3 is 5.97 Å². The molecule has 4 bridgehead atoms. The fourth-order valence-corrected chi connectivity index (χ4v) is 5.99. The highest BCUT2D eigenvalue weighted by Gasteiger charge is 2.59. The van der Waals surface area contributed by atoms with E-state index in [1.54, 1.807) is 6.92 Å². The Kier molecular flexibility index (Phi) is 5.83. The van der Waals surface area contributed by atoms with E-state index in [1.165, 1.54) is 32.1 Å². The summed E-state index contributed by atoms with van der Waals surface area (Å²) in [6.07, 6.45) is 7.61. The van der Waals surface area contributed by atoms with Crippen molar-refractivity contribution in [3.05, 3.63) is 24.3 Å². The second-order valence-corrected chi connectivity index (χ2v) is 9.64. The lowest BCUT2D eigenvalue weighted by atomic mass is 9.48. The van der Waals surface area contributed by atoms with Gasteiger partial charge in [0.2, 0.25) is 5.91 Å².